The van der Waals surface area contributed by atoms with Crippen LogP contribution in [0.1, 0.15) is 45.8 Å². The van der Waals surface area contributed by atoms with Crippen molar-refractivity contribution in [1.29, 1.82) is 0 Å². The van der Waals surface area contributed by atoms with Crippen LogP contribution < -0.4 is 10.6 Å². The molecule has 1 aliphatic carbocycles. The first-order chi connectivity index (χ1) is 8.90. The molecule has 1 heterocycles. The number of guanidine groups is 1. The summed E-state index contributed by atoms with van der Waals surface area (Å²) in [6.07, 6.45) is 3.02. The summed E-state index contributed by atoms with van der Waals surface area (Å²) in [6, 6.07) is 0.556. The van der Waals surface area contributed by atoms with Crippen LogP contribution in [0.25, 0.3) is 0 Å². The third kappa shape index (κ3) is 3.72. The number of aliphatic imine (C=N–C) groups is 1. The van der Waals surface area contributed by atoms with E-state index in [1.165, 1.54) is 6.42 Å². The zero-order valence-electron chi connectivity index (χ0n) is 12.4. The van der Waals surface area contributed by atoms with Gasteiger partial charge in [0.15, 0.2) is 5.96 Å². The van der Waals surface area contributed by atoms with Gasteiger partial charge in [-0.3, -0.25) is 4.99 Å². The molecule has 1 aromatic rings. The highest BCUT2D eigenvalue weighted by molar-refractivity contribution is 5.80. The highest BCUT2D eigenvalue weighted by Crippen LogP contribution is 2.28. The highest BCUT2D eigenvalue weighted by atomic mass is 16.4. The molecule has 2 N–H and O–H groups in total. The van der Waals surface area contributed by atoms with Crippen LogP contribution in [0, 0.1) is 5.92 Å². The van der Waals surface area contributed by atoms with E-state index in [2.05, 4.69) is 48.3 Å². The van der Waals surface area contributed by atoms with Crippen LogP contribution in [0.5, 0.6) is 0 Å². The second-order valence-electron chi connectivity index (χ2n) is 6.26. The minimum atomic E-state index is -0.00534. The quantitative estimate of drug-likeness (QED) is 0.648. The summed E-state index contributed by atoms with van der Waals surface area (Å²) in [5.41, 5.74) is -0.00534. The Kier molecular flexibility index (Phi) is 3.83. The molecule has 1 fully saturated rings. The van der Waals surface area contributed by atoms with Crippen LogP contribution in [-0.4, -0.2) is 24.0 Å². The Bertz CT molecular complexity index is 458. The maximum atomic E-state index is 5.73. The molecule has 2 unspecified atom stereocenters. The second-order valence-corrected chi connectivity index (χ2v) is 6.26. The minimum absolute atomic E-state index is 0.00534. The van der Waals surface area contributed by atoms with Crippen molar-refractivity contribution >= 4 is 5.96 Å². The Labute approximate surface area is 114 Å². The number of rotatable bonds is 3. The Morgan fingerprint density at radius 2 is 2.21 bits per heavy atom. The predicted octanol–water partition coefficient (Wildman–Crippen LogP) is 2.05. The maximum Gasteiger partial charge on any atom is 0.213 e. The fourth-order valence-corrected chi connectivity index (χ4v) is 1.79. The topological polar surface area (TPSA) is 62.5 Å². The van der Waals surface area contributed by atoms with Gasteiger partial charge >= 0.3 is 0 Å². The summed E-state index contributed by atoms with van der Waals surface area (Å²) >= 11 is 0. The average molecular weight is 264 g/mol. The molecular formula is C14H24N4O. The van der Waals surface area contributed by atoms with Crippen LogP contribution in [0.2, 0.25) is 0 Å². The van der Waals surface area contributed by atoms with Crippen molar-refractivity contribution in [3.8, 4) is 0 Å². The Hall–Kier alpha value is -1.52. The lowest BCUT2D eigenvalue weighted by Gasteiger charge is -2.13. The largest absolute Gasteiger partial charge is 0.443 e. The first-order valence-corrected chi connectivity index (χ1v) is 6.82. The Morgan fingerprint density at radius 1 is 1.53 bits per heavy atom. The predicted molar refractivity (Wildman–Crippen MR) is 76.1 cm³/mol. The summed E-state index contributed by atoms with van der Waals surface area (Å²) in [5, 5.41) is 6.59. The van der Waals surface area contributed by atoms with E-state index in [0.717, 1.165) is 17.6 Å². The van der Waals surface area contributed by atoms with Crippen LogP contribution in [-0.2, 0) is 12.0 Å². The standard InChI is InChI=1S/C14H24N4O/c1-9-6-10(9)18-13(15-5)17-8-12-16-7-11(19-12)14(2,3)4/h7,9-10H,6,8H2,1-5H3,(H2,15,17,18). The van der Waals surface area contributed by atoms with Gasteiger partial charge in [0.05, 0.1) is 12.7 Å². The fraction of sp³-hybridized carbons (Fsp3) is 0.714. The number of nitrogens with zero attached hydrogens (tertiary/aromatic N) is 2. The molecule has 106 valence electrons. The number of aromatic nitrogens is 1. The third-order valence-electron chi connectivity index (χ3n) is 3.36. The van der Waals surface area contributed by atoms with Gasteiger partial charge < -0.3 is 15.1 Å². The maximum absolute atomic E-state index is 5.73. The smallest absolute Gasteiger partial charge is 0.213 e. The van der Waals surface area contributed by atoms with Gasteiger partial charge in [0.2, 0.25) is 5.89 Å². The monoisotopic (exact) mass is 264 g/mol. The van der Waals surface area contributed by atoms with E-state index in [1.54, 1.807) is 13.2 Å². The van der Waals surface area contributed by atoms with E-state index in [4.69, 9.17) is 4.42 Å². The average Bonchev–Trinajstić information content (AvgIpc) is 2.83. The van der Waals surface area contributed by atoms with Gasteiger partial charge in [0, 0.05) is 18.5 Å². The van der Waals surface area contributed by atoms with Crippen molar-refractivity contribution in [3.05, 3.63) is 17.8 Å². The molecule has 1 saturated carbocycles. The lowest BCUT2D eigenvalue weighted by atomic mass is 9.94. The van der Waals surface area contributed by atoms with Gasteiger partial charge in [0.1, 0.15) is 5.76 Å². The molecule has 19 heavy (non-hydrogen) atoms. The normalized spacial score (nSPS) is 23.3. The lowest BCUT2D eigenvalue weighted by molar-refractivity contribution is 0.379. The molecule has 5 heteroatoms. The number of hydrogen-bond donors (Lipinski definition) is 2. The van der Waals surface area contributed by atoms with Crippen molar-refractivity contribution in [2.24, 2.45) is 10.9 Å². The fourth-order valence-electron chi connectivity index (χ4n) is 1.79. The molecule has 2 rings (SSSR count). The van der Waals surface area contributed by atoms with E-state index in [-0.39, 0.29) is 5.41 Å². The molecule has 0 amide bonds. The van der Waals surface area contributed by atoms with E-state index in [0.29, 0.717) is 18.5 Å². The van der Waals surface area contributed by atoms with Gasteiger partial charge in [-0.2, -0.15) is 0 Å². The number of oxazole rings is 1. The van der Waals surface area contributed by atoms with Crippen molar-refractivity contribution in [2.75, 3.05) is 7.05 Å². The van der Waals surface area contributed by atoms with Gasteiger partial charge in [-0.15, -0.1) is 0 Å². The Morgan fingerprint density at radius 3 is 2.68 bits per heavy atom. The van der Waals surface area contributed by atoms with Gasteiger partial charge in [-0.1, -0.05) is 27.7 Å². The van der Waals surface area contributed by atoms with Gasteiger partial charge in [0.25, 0.3) is 0 Å². The molecule has 0 saturated heterocycles. The SMILES string of the molecule is CN=C(NCc1ncc(C(C)(C)C)o1)NC1CC1C. The molecule has 0 bridgehead atoms. The first kappa shape index (κ1) is 13.9. The van der Waals surface area contributed by atoms with E-state index in [1.807, 2.05) is 0 Å². The zero-order chi connectivity index (χ0) is 14.0. The van der Waals surface area contributed by atoms with Crippen molar-refractivity contribution in [3.63, 3.8) is 0 Å². The lowest BCUT2D eigenvalue weighted by Crippen LogP contribution is -2.38. The molecular weight excluding hydrogens is 240 g/mol. The summed E-state index contributed by atoms with van der Waals surface area (Å²) in [5.74, 6) is 3.15. The van der Waals surface area contributed by atoms with E-state index < -0.39 is 0 Å². The minimum Gasteiger partial charge on any atom is -0.443 e. The third-order valence-corrected chi connectivity index (χ3v) is 3.36. The zero-order valence-corrected chi connectivity index (χ0v) is 12.4. The van der Waals surface area contributed by atoms with E-state index >= 15 is 0 Å². The van der Waals surface area contributed by atoms with Crippen LogP contribution in [0.3, 0.4) is 0 Å². The number of hydrogen-bond acceptors (Lipinski definition) is 3. The molecule has 0 aliphatic heterocycles. The highest BCUT2D eigenvalue weighted by Gasteiger charge is 2.33. The van der Waals surface area contributed by atoms with Crippen LogP contribution in [0.15, 0.2) is 15.6 Å². The first-order valence-electron chi connectivity index (χ1n) is 6.82. The molecule has 1 aromatic heterocycles. The van der Waals surface area contributed by atoms with Crippen molar-refractivity contribution < 1.29 is 4.42 Å². The molecule has 5 nitrogen and oxygen atoms in total. The summed E-state index contributed by atoms with van der Waals surface area (Å²) in [6.45, 7) is 9.12. The molecule has 0 radical (unpaired) electrons. The van der Waals surface area contributed by atoms with Gasteiger partial charge in [-0.25, -0.2) is 4.98 Å². The van der Waals surface area contributed by atoms with Crippen LogP contribution >= 0.6 is 0 Å². The summed E-state index contributed by atoms with van der Waals surface area (Å²) in [4.78, 5) is 8.48. The van der Waals surface area contributed by atoms with E-state index in [9.17, 15) is 0 Å². The molecule has 0 spiro atoms. The van der Waals surface area contributed by atoms with Crippen LogP contribution in [0.4, 0.5) is 0 Å². The molecule has 0 aromatic carbocycles. The Balaban J connectivity index is 1.85. The van der Waals surface area contributed by atoms with Crippen molar-refractivity contribution in [2.45, 2.75) is 52.1 Å². The number of nitrogens with one attached hydrogen (secondary N) is 2. The second kappa shape index (κ2) is 5.23. The molecule has 2 atom stereocenters. The van der Waals surface area contributed by atoms with Crippen molar-refractivity contribution in [1.82, 2.24) is 15.6 Å². The summed E-state index contributed by atoms with van der Waals surface area (Å²) < 4.78 is 5.73. The van der Waals surface area contributed by atoms with Gasteiger partial charge in [-0.05, 0) is 12.3 Å². The summed E-state index contributed by atoms with van der Waals surface area (Å²) in [7, 11) is 1.78. The molecule has 1 aliphatic rings.